The first-order chi connectivity index (χ1) is 19.5. The van der Waals surface area contributed by atoms with Gasteiger partial charge in [0.2, 0.25) is 5.13 Å². The number of aromatic nitrogens is 2. The third kappa shape index (κ3) is 5.56. The summed E-state index contributed by atoms with van der Waals surface area (Å²) < 4.78 is 84.7. The van der Waals surface area contributed by atoms with E-state index in [2.05, 4.69) is 14.8 Å². The number of ether oxygens (including phenoxy) is 1. The lowest BCUT2D eigenvalue weighted by Gasteiger charge is -2.20. The number of anilines is 1. The fraction of sp³-hybridized carbons (Fsp3) is 0.0741. The Bertz CT molecular complexity index is 1860. The van der Waals surface area contributed by atoms with Gasteiger partial charge in [-0.05, 0) is 59.0 Å². The minimum absolute atomic E-state index is 0.148. The second kappa shape index (κ2) is 10.8. The van der Waals surface area contributed by atoms with Crippen molar-refractivity contribution in [2.45, 2.75) is 11.1 Å². The molecule has 0 amide bonds. The molecule has 0 N–H and O–H groups in total. The summed E-state index contributed by atoms with van der Waals surface area (Å²) in [6.45, 7) is 0. The maximum absolute atomic E-state index is 13.8. The zero-order chi connectivity index (χ0) is 29.4. The summed E-state index contributed by atoms with van der Waals surface area (Å²) >= 11 is 0.659. The van der Waals surface area contributed by atoms with Crippen molar-refractivity contribution in [1.29, 1.82) is 0 Å². The molecular weight excluding hydrogens is 586 g/mol. The minimum Gasteiger partial charge on any atom is -0.496 e. The van der Waals surface area contributed by atoms with Crippen LogP contribution in [0, 0.1) is 5.82 Å². The van der Waals surface area contributed by atoms with Crippen molar-refractivity contribution in [2.75, 3.05) is 11.6 Å². The first kappa shape index (κ1) is 28.0. The van der Waals surface area contributed by atoms with E-state index in [0.717, 1.165) is 12.3 Å². The number of rotatable bonds is 7. The van der Waals surface area contributed by atoms with Crippen molar-refractivity contribution in [3.63, 3.8) is 0 Å². The number of methoxy groups -OCH3 is 1. The Morgan fingerprint density at radius 2 is 1.73 bits per heavy atom. The van der Waals surface area contributed by atoms with Crippen LogP contribution >= 0.6 is 11.3 Å². The van der Waals surface area contributed by atoms with Crippen LogP contribution < -0.4 is 9.21 Å². The molecule has 5 rings (SSSR count). The van der Waals surface area contributed by atoms with E-state index in [0.29, 0.717) is 50.2 Å². The summed E-state index contributed by atoms with van der Waals surface area (Å²) in [6, 6.07) is 16.6. The molecule has 0 radical (unpaired) electrons. The molecule has 0 aliphatic rings. The van der Waals surface area contributed by atoms with Gasteiger partial charge in [-0.25, -0.2) is 14.2 Å². The van der Waals surface area contributed by atoms with Crippen LogP contribution in [0.4, 0.5) is 22.7 Å². The number of sulfonamides is 1. The highest BCUT2D eigenvalue weighted by Crippen LogP contribution is 2.38. The molecule has 0 aliphatic carbocycles. The van der Waals surface area contributed by atoms with E-state index in [1.165, 1.54) is 49.0 Å². The second-order valence-corrected chi connectivity index (χ2v) is 11.0. The van der Waals surface area contributed by atoms with Crippen LogP contribution in [0.1, 0.15) is 0 Å². The van der Waals surface area contributed by atoms with Crippen LogP contribution in [0.15, 0.2) is 89.4 Å². The SMILES string of the molecule is COc1cc(-c2cccc(F)c2)ccc1-c1nccc2cc(S(=O)(=O)N(OC(=O)C(F)(F)F)c3nccs3)ccc12. The Hall–Kier alpha value is -4.56. The standard InChI is InChI=1S/C27H17F4N3O5S2/c1-38-23-15-17(16-3-2-4-19(28)13-16)5-7-22(23)24-21-8-6-20(14-18(21)9-10-32-24)41(36,37)34(26-33-11-12-40-26)39-25(35)27(29,30)31/h2-15H,1H3. The smallest absolute Gasteiger partial charge is 0.493 e. The molecule has 0 unspecified atom stereocenters. The number of thiazole rings is 1. The molecule has 0 fully saturated rings. The highest BCUT2D eigenvalue weighted by Gasteiger charge is 2.45. The van der Waals surface area contributed by atoms with Gasteiger partial charge in [0.15, 0.2) is 0 Å². The number of fused-ring (bicyclic) bond motifs is 1. The molecule has 8 nitrogen and oxygen atoms in total. The fourth-order valence-electron chi connectivity index (χ4n) is 3.99. The lowest BCUT2D eigenvalue weighted by atomic mass is 9.99. The molecular formula is C27H17F4N3O5S2. The summed E-state index contributed by atoms with van der Waals surface area (Å²) in [5, 5.41) is 1.68. The van der Waals surface area contributed by atoms with Gasteiger partial charge in [0.1, 0.15) is 11.6 Å². The number of nitrogens with zero attached hydrogens (tertiary/aromatic N) is 3. The lowest BCUT2D eigenvalue weighted by Crippen LogP contribution is -2.38. The molecule has 5 aromatic rings. The van der Waals surface area contributed by atoms with Crippen molar-refractivity contribution < 1.29 is 40.3 Å². The average Bonchev–Trinajstić information content (AvgIpc) is 3.48. The Morgan fingerprint density at radius 1 is 0.951 bits per heavy atom. The maximum Gasteiger partial charge on any atom is 0.493 e. The largest absolute Gasteiger partial charge is 0.496 e. The number of carbonyl (C=O) groups excluding carboxylic acids is 1. The van der Waals surface area contributed by atoms with Crippen LogP contribution in [0.25, 0.3) is 33.2 Å². The molecule has 3 aromatic carbocycles. The highest BCUT2D eigenvalue weighted by molar-refractivity contribution is 7.92. The van der Waals surface area contributed by atoms with E-state index in [1.807, 2.05) is 0 Å². The van der Waals surface area contributed by atoms with Gasteiger partial charge in [-0.2, -0.15) is 21.6 Å². The van der Waals surface area contributed by atoms with Crippen molar-refractivity contribution in [3.05, 3.63) is 90.3 Å². The number of hydrogen-bond acceptors (Lipinski definition) is 8. The monoisotopic (exact) mass is 603 g/mol. The molecule has 0 spiro atoms. The number of halogens is 4. The molecule has 0 saturated carbocycles. The molecule has 0 bridgehead atoms. The predicted octanol–water partition coefficient (Wildman–Crippen LogP) is 6.39. The molecule has 0 aliphatic heterocycles. The van der Waals surface area contributed by atoms with Gasteiger partial charge in [0, 0.05) is 28.7 Å². The van der Waals surface area contributed by atoms with Crippen molar-refractivity contribution in [3.8, 4) is 28.1 Å². The van der Waals surface area contributed by atoms with Crippen molar-refractivity contribution in [1.82, 2.24) is 9.97 Å². The topological polar surface area (TPSA) is 98.7 Å². The lowest BCUT2D eigenvalue weighted by molar-refractivity contribution is -0.199. The van der Waals surface area contributed by atoms with Gasteiger partial charge < -0.3 is 9.57 Å². The molecule has 14 heteroatoms. The Morgan fingerprint density at radius 3 is 2.41 bits per heavy atom. The zero-order valence-electron chi connectivity index (χ0n) is 20.8. The van der Waals surface area contributed by atoms with E-state index in [-0.39, 0.29) is 4.47 Å². The van der Waals surface area contributed by atoms with E-state index in [9.17, 15) is 30.8 Å². The van der Waals surface area contributed by atoms with Crippen LogP contribution in [0.3, 0.4) is 0 Å². The molecule has 0 atom stereocenters. The third-order valence-corrected chi connectivity index (χ3v) is 8.23. The van der Waals surface area contributed by atoms with E-state index in [1.54, 1.807) is 30.3 Å². The van der Waals surface area contributed by atoms with Crippen LogP contribution in [-0.2, 0) is 19.7 Å². The van der Waals surface area contributed by atoms with Crippen LogP contribution in [0.2, 0.25) is 0 Å². The zero-order valence-corrected chi connectivity index (χ0v) is 22.4. The van der Waals surface area contributed by atoms with Gasteiger partial charge in [-0.15, -0.1) is 11.3 Å². The van der Waals surface area contributed by atoms with Crippen molar-refractivity contribution in [2.24, 2.45) is 0 Å². The van der Waals surface area contributed by atoms with E-state index < -0.39 is 38.0 Å². The first-order valence-electron chi connectivity index (χ1n) is 11.6. The predicted molar refractivity (Wildman–Crippen MR) is 143 cm³/mol. The third-order valence-electron chi connectivity index (χ3n) is 5.84. The molecule has 2 aromatic heterocycles. The van der Waals surface area contributed by atoms with E-state index in [4.69, 9.17) is 4.74 Å². The number of carbonyl (C=O) groups is 1. The average molecular weight is 604 g/mol. The Kier molecular flexibility index (Phi) is 7.36. The summed E-state index contributed by atoms with van der Waals surface area (Å²) in [5.41, 5.74) is 2.30. The Balaban J connectivity index is 1.57. The molecule has 210 valence electrons. The van der Waals surface area contributed by atoms with Gasteiger partial charge in [-0.1, -0.05) is 28.7 Å². The molecule has 2 heterocycles. The van der Waals surface area contributed by atoms with Gasteiger partial charge in [-0.3, -0.25) is 4.98 Å². The maximum atomic E-state index is 13.8. The number of pyridine rings is 1. The van der Waals surface area contributed by atoms with E-state index >= 15 is 0 Å². The summed E-state index contributed by atoms with van der Waals surface area (Å²) in [5.74, 6) is -2.71. The Labute approximate surface area is 234 Å². The summed E-state index contributed by atoms with van der Waals surface area (Å²) in [6.07, 6.45) is -2.87. The highest BCUT2D eigenvalue weighted by atomic mass is 32.2. The molecule has 41 heavy (non-hydrogen) atoms. The van der Waals surface area contributed by atoms with Crippen molar-refractivity contribution >= 4 is 43.2 Å². The first-order valence-corrected chi connectivity index (χ1v) is 13.9. The number of hydrogen-bond donors (Lipinski definition) is 0. The van der Waals surface area contributed by atoms with Gasteiger partial charge in [0.05, 0.1) is 17.7 Å². The second-order valence-electron chi connectivity index (χ2n) is 8.39. The number of alkyl halides is 3. The van der Waals surface area contributed by atoms with Gasteiger partial charge >= 0.3 is 12.1 Å². The summed E-state index contributed by atoms with van der Waals surface area (Å²) in [4.78, 5) is 23.4. The molecule has 0 saturated heterocycles. The quantitative estimate of drug-likeness (QED) is 0.157. The van der Waals surface area contributed by atoms with Gasteiger partial charge in [0.25, 0.3) is 10.0 Å². The number of benzene rings is 3. The summed E-state index contributed by atoms with van der Waals surface area (Å²) in [7, 11) is -3.38. The fourth-order valence-corrected chi connectivity index (χ4v) is 6.02. The minimum atomic E-state index is -5.45. The van der Waals surface area contributed by atoms with Crippen LogP contribution in [-0.4, -0.2) is 37.6 Å². The van der Waals surface area contributed by atoms with Crippen LogP contribution in [0.5, 0.6) is 5.75 Å². The normalized spacial score (nSPS) is 11.8.